The monoisotopic (exact) mass is 268 g/mol. The molecule has 0 aliphatic heterocycles. The van der Waals surface area contributed by atoms with E-state index in [2.05, 4.69) is 51.9 Å². The molecular formula is C17H36N2. The second kappa shape index (κ2) is 7.64. The van der Waals surface area contributed by atoms with Crippen LogP contribution in [0.1, 0.15) is 66.7 Å². The Bertz CT molecular complexity index is 246. The summed E-state index contributed by atoms with van der Waals surface area (Å²) in [6.45, 7) is 14.1. The zero-order valence-corrected chi connectivity index (χ0v) is 14.1. The van der Waals surface area contributed by atoms with E-state index in [-0.39, 0.29) is 5.54 Å². The number of hydrogen-bond acceptors (Lipinski definition) is 2. The molecule has 0 amide bonds. The van der Waals surface area contributed by atoms with E-state index >= 15 is 0 Å². The molecule has 0 heterocycles. The lowest BCUT2D eigenvalue weighted by Gasteiger charge is -2.49. The van der Waals surface area contributed by atoms with Crippen molar-refractivity contribution in [2.24, 2.45) is 11.8 Å². The average Bonchev–Trinajstić information content (AvgIpc) is 2.40. The molecule has 0 bridgehead atoms. The first-order valence-electron chi connectivity index (χ1n) is 8.45. The largest absolute Gasteiger partial charge is 0.315 e. The summed E-state index contributed by atoms with van der Waals surface area (Å²) < 4.78 is 0. The SMILES string of the molecule is CCC1CCCCC1C(NC)C(C)(C)N(CC)CC. The van der Waals surface area contributed by atoms with Crippen LogP contribution >= 0.6 is 0 Å². The van der Waals surface area contributed by atoms with Gasteiger partial charge in [0, 0.05) is 11.6 Å². The minimum absolute atomic E-state index is 0.244. The zero-order chi connectivity index (χ0) is 14.5. The molecule has 0 aromatic heterocycles. The van der Waals surface area contributed by atoms with Crippen LogP contribution in [-0.2, 0) is 0 Å². The molecule has 0 aromatic rings. The van der Waals surface area contributed by atoms with E-state index in [1.165, 1.54) is 32.1 Å². The van der Waals surface area contributed by atoms with Crippen LogP contribution in [0.5, 0.6) is 0 Å². The molecule has 114 valence electrons. The van der Waals surface area contributed by atoms with Crippen molar-refractivity contribution < 1.29 is 0 Å². The van der Waals surface area contributed by atoms with Gasteiger partial charge in [-0.15, -0.1) is 0 Å². The van der Waals surface area contributed by atoms with Crippen LogP contribution in [0.25, 0.3) is 0 Å². The third-order valence-electron chi connectivity index (χ3n) is 5.57. The van der Waals surface area contributed by atoms with Crippen molar-refractivity contribution in [3.05, 3.63) is 0 Å². The van der Waals surface area contributed by atoms with Gasteiger partial charge in [-0.1, -0.05) is 46.5 Å². The van der Waals surface area contributed by atoms with Gasteiger partial charge in [0.1, 0.15) is 0 Å². The summed E-state index contributed by atoms with van der Waals surface area (Å²) in [5, 5.41) is 3.68. The second-order valence-electron chi connectivity index (χ2n) is 6.71. The lowest BCUT2D eigenvalue weighted by molar-refractivity contribution is 0.0373. The predicted octanol–water partition coefficient (Wildman–Crippen LogP) is 3.91. The third-order valence-corrected chi connectivity index (χ3v) is 5.57. The maximum absolute atomic E-state index is 3.68. The Morgan fingerprint density at radius 1 is 1.11 bits per heavy atom. The molecule has 0 radical (unpaired) electrons. The molecule has 3 unspecified atom stereocenters. The molecule has 1 saturated carbocycles. The smallest absolute Gasteiger partial charge is 0.0308 e. The molecule has 0 spiro atoms. The van der Waals surface area contributed by atoms with Gasteiger partial charge in [-0.3, -0.25) is 4.90 Å². The number of nitrogens with zero attached hydrogens (tertiary/aromatic N) is 1. The van der Waals surface area contributed by atoms with E-state index in [1.807, 2.05) is 0 Å². The molecule has 3 atom stereocenters. The van der Waals surface area contributed by atoms with Gasteiger partial charge in [0.05, 0.1) is 0 Å². The van der Waals surface area contributed by atoms with Crippen LogP contribution in [0.4, 0.5) is 0 Å². The summed E-state index contributed by atoms with van der Waals surface area (Å²) in [5.74, 6) is 1.76. The highest BCUT2D eigenvalue weighted by molar-refractivity contribution is 4.98. The van der Waals surface area contributed by atoms with E-state index in [4.69, 9.17) is 0 Å². The summed E-state index contributed by atoms with van der Waals surface area (Å²) in [7, 11) is 2.16. The first-order valence-corrected chi connectivity index (χ1v) is 8.45. The quantitative estimate of drug-likeness (QED) is 0.753. The maximum atomic E-state index is 3.68. The fourth-order valence-electron chi connectivity index (χ4n) is 4.51. The molecular weight excluding hydrogens is 232 g/mol. The van der Waals surface area contributed by atoms with Crippen molar-refractivity contribution in [1.82, 2.24) is 10.2 Å². The number of likely N-dealkylation sites (N-methyl/N-ethyl adjacent to an activating group) is 2. The third kappa shape index (κ3) is 3.72. The Kier molecular flexibility index (Phi) is 6.82. The number of hydrogen-bond donors (Lipinski definition) is 1. The number of rotatable bonds is 7. The van der Waals surface area contributed by atoms with Gasteiger partial charge < -0.3 is 5.32 Å². The van der Waals surface area contributed by atoms with Gasteiger partial charge in [-0.2, -0.15) is 0 Å². The highest BCUT2D eigenvalue weighted by atomic mass is 15.2. The highest BCUT2D eigenvalue weighted by Gasteiger charge is 2.41. The van der Waals surface area contributed by atoms with Crippen LogP contribution in [-0.4, -0.2) is 36.6 Å². The average molecular weight is 268 g/mol. The van der Waals surface area contributed by atoms with E-state index in [0.717, 1.165) is 24.9 Å². The van der Waals surface area contributed by atoms with E-state index in [1.54, 1.807) is 0 Å². The minimum atomic E-state index is 0.244. The van der Waals surface area contributed by atoms with E-state index in [9.17, 15) is 0 Å². The Balaban J connectivity index is 2.90. The lowest BCUT2D eigenvalue weighted by Crippen LogP contribution is -2.61. The van der Waals surface area contributed by atoms with E-state index in [0.29, 0.717) is 6.04 Å². The molecule has 1 aliphatic carbocycles. The van der Waals surface area contributed by atoms with Gasteiger partial charge in [-0.25, -0.2) is 0 Å². The van der Waals surface area contributed by atoms with Gasteiger partial charge >= 0.3 is 0 Å². The van der Waals surface area contributed by atoms with Crippen molar-refractivity contribution >= 4 is 0 Å². The van der Waals surface area contributed by atoms with Gasteiger partial charge in [0.2, 0.25) is 0 Å². The van der Waals surface area contributed by atoms with Crippen molar-refractivity contribution in [1.29, 1.82) is 0 Å². The van der Waals surface area contributed by atoms with Crippen molar-refractivity contribution in [3.63, 3.8) is 0 Å². The standard InChI is InChI=1S/C17H36N2/c1-7-14-12-10-11-13-15(14)16(18-6)17(4,5)19(8-2)9-3/h14-16,18H,7-13H2,1-6H3. The highest BCUT2D eigenvalue weighted by Crippen LogP contribution is 2.38. The van der Waals surface area contributed by atoms with Gasteiger partial charge in [0.15, 0.2) is 0 Å². The van der Waals surface area contributed by atoms with Crippen LogP contribution in [0.15, 0.2) is 0 Å². The minimum Gasteiger partial charge on any atom is -0.315 e. The topological polar surface area (TPSA) is 15.3 Å². The van der Waals surface area contributed by atoms with E-state index < -0.39 is 0 Å². The summed E-state index contributed by atoms with van der Waals surface area (Å²) in [5.41, 5.74) is 0.244. The van der Waals surface area contributed by atoms with Crippen LogP contribution in [0, 0.1) is 11.8 Å². The fraction of sp³-hybridized carbons (Fsp3) is 1.00. The second-order valence-corrected chi connectivity index (χ2v) is 6.71. The fourth-order valence-corrected chi connectivity index (χ4v) is 4.51. The molecule has 1 rings (SSSR count). The molecule has 0 saturated heterocycles. The predicted molar refractivity (Wildman–Crippen MR) is 85.6 cm³/mol. The van der Waals surface area contributed by atoms with Crippen LogP contribution in [0.2, 0.25) is 0 Å². The summed E-state index contributed by atoms with van der Waals surface area (Å²) >= 11 is 0. The maximum Gasteiger partial charge on any atom is 0.0308 e. The molecule has 1 aliphatic rings. The lowest BCUT2D eigenvalue weighted by atomic mass is 9.69. The van der Waals surface area contributed by atoms with Crippen LogP contribution in [0.3, 0.4) is 0 Å². The first-order chi connectivity index (χ1) is 9.02. The number of nitrogens with one attached hydrogen (secondary N) is 1. The Morgan fingerprint density at radius 3 is 2.16 bits per heavy atom. The molecule has 19 heavy (non-hydrogen) atoms. The molecule has 0 aromatic carbocycles. The van der Waals surface area contributed by atoms with Crippen molar-refractivity contribution in [2.75, 3.05) is 20.1 Å². The van der Waals surface area contributed by atoms with Crippen LogP contribution < -0.4 is 5.32 Å². The Hall–Kier alpha value is -0.0800. The Labute approximate surface area is 121 Å². The van der Waals surface area contributed by atoms with Gasteiger partial charge in [0.25, 0.3) is 0 Å². The summed E-state index contributed by atoms with van der Waals surface area (Å²) in [6, 6.07) is 0.609. The Morgan fingerprint density at radius 2 is 1.68 bits per heavy atom. The molecule has 1 fully saturated rings. The molecule has 2 nitrogen and oxygen atoms in total. The van der Waals surface area contributed by atoms with Crippen molar-refractivity contribution in [3.8, 4) is 0 Å². The zero-order valence-electron chi connectivity index (χ0n) is 14.1. The molecule has 2 heteroatoms. The summed E-state index contributed by atoms with van der Waals surface area (Å²) in [6.07, 6.45) is 7.06. The van der Waals surface area contributed by atoms with Gasteiger partial charge in [-0.05, 0) is 52.2 Å². The van der Waals surface area contributed by atoms with Crippen molar-refractivity contribution in [2.45, 2.75) is 78.3 Å². The first kappa shape index (κ1) is 17.0. The normalized spacial score (nSPS) is 26.7. The molecule has 1 N–H and O–H groups in total. The summed E-state index contributed by atoms with van der Waals surface area (Å²) in [4.78, 5) is 2.62.